The minimum Gasteiger partial charge on any atom is -0.300 e. The molecule has 3 heteroatoms. The van der Waals surface area contributed by atoms with Crippen LogP contribution >= 0.6 is 0 Å². The molecule has 0 unspecified atom stereocenters. The van der Waals surface area contributed by atoms with E-state index in [0.717, 1.165) is 5.92 Å². The van der Waals surface area contributed by atoms with E-state index in [1.165, 1.54) is 58.7 Å². The summed E-state index contributed by atoms with van der Waals surface area (Å²) in [5.74, 6) is 0.874. The van der Waals surface area contributed by atoms with E-state index in [-0.39, 0.29) is 0 Å². The Bertz CT molecular complexity index is 318. The molecule has 2 saturated heterocycles. The maximum absolute atomic E-state index is 2.71. The average molecular weight is 296 g/mol. The zero-order valence-electron chi connectivity index (χ0n) is 15.3. The third kappa shape index (κ3) is 4.94. The molecule has 2 fully saturated rings. The summed E-state index contributed by atoms with van der Waals surface area (Å²) in [5, 5.41) is 0. The van der Waals surface area contributed by atoms with Gasteiger partial charge in [0.05, 0.1) is 0 Å². The molecule has 2 aliphatic heterocycles. The smallest absolute Gasteiger partial charge is 0.0126 e. The predicted octanol–water partition coefficient (Wildman–Crippen LogP) is 2.91. The minimum atomic E-state index is 0.333. The lowest BCUT2D eigenvalue weighted by molar-refractivity contribution is 0.0313. The summed E-state index contributed by atoms with van der Waals surface area (Å²) in [4.78, 5) is 8.03. The van der Waals surface area contributed by atoms with Gasteiger partial charge in [-0.05, 0) is 66.8 Å². The molecular formula is C18H37N3. The first-order chi connectivity index (χ1) is 9.66. The summed E-state index contributed by atoms with van der Waals surface area (Å²) in [7, 11) is 0. The van der Waals surface area contributed by atoms with Crippen LogP contribution in [0.25, 0.3) is 0 Å². The molecule has 0 aliphatic carbocycles. The first-order valence-electron chi connectivity index (χ1n) is 8.89. The van der Waals surface area contributed by atoms with Crippen LogP contribution in [0, 0.1) is 5.92 Å². The molecule has 124 valence electrons. The van der Waals surface area contributed by atoms with E-state index in [1.807, 2.05) is 0 Å². The van der Waals surface area contributed by atoms with Gasteiger partial charge in [0.15, 0.2) is 0 Å². The Morgan fingerprint density at radius 1 is 0.762 bits per heavy atom. The molecule has 0 radical (unpaired) electrons. The Balaban J connectivity index is 1.78. The van der Waals surface area contributed by atoms with Crippen LogP contribution in [0.4, 0.5) is 0 Å². The van der Waals surface area contributed by atoms with E-state index in [9.17, 15) is 0 Å². The third-order valence-corrected chi connectivity index (χ3v) is 5.31. The van der Waals surface area contributed by atoms with E-state index in [0.29, 0.717) is 11.1 Å². The molecule has 0 N–H and O–H groups in total. The number of rotatable bonds is 2. The van der Waals surface area contributed by atoms with Crippen LogP contribution in [0.3, 0.4) is 0 Å². The summed E-state index contributed by atoms with van der Waals surface area (Å²) in [5.41, 5.74) is 0.670. The lowest BCUT2D eigenvalue weighted by atomic mass is 9.92. The Morgan fingerprint density at radius 2 is 1.33 bits per heavy atom. The van der Waals surface area contributed by atoms with E-state index in [1.54, 1.807) is 0 Å². The molecule has 0 aromatic carbocycles. The van der Waals surface area contributed by atoms with Crippen LogP contribution in [-0.4, -0.2) is 71.6 Å². The number of piperidine rings is 1. The minimum absolute atomic E-state index is 0.333. The lowest BCUT2D eigenvalue weighted by Gasteiger charge is -2.45. The Morgan fingerprint density at radius 3 is 1.86 bits per heavy atom. The molecule has 0 aromatic rings. The standard InChI is InChI=1S/C18H37N3/c1-17(2,3)20-12-10-19(11-13-20)14-16-8-7-9-21(15-16)18(4,5)6/h16H,7-15H2,1-6H3/t16-/m0/s1. The maximum Gasteiger partial charge on any atom is 0.0126 e. The average Bonchev–Trinajstić information content (AvgIpc) is 2.37. The molecule has 3 nitrogen and oxygen atoms in total. The van der Waals surface area contributed by atoms with E-state index in [4.69, 9.17) is 0 Å². The van der Waals surface area contributed by atoms with Gasteiger partial charge in [-0.25, -0.2) is 0 Å². The zero-order valence-corrected chi connectivity index (χ0v) is 15.3. The molecule has 2 heterocycles. The highest BCUT2D eigenvalue weighted by molar-refractivity contribution is 4.86. The summed E-state index contributed by atoms with van der Waals surface area (Å²) >= 11 is 0. The van der Waals surface area contributed by atoms with Crippen molar-refractivity contribution >= 4 is 0 Å². The van der Waals surface area contributed by atoms with Crippen molar-refractivity contribution < 1.29 is 0 Å². The van der Waals surface area contributed by atoms with Gasteiger partial charge < -0.3 is 4.90 Å². The van der Waals surface area contributed by atoms with Crippen molar-refractivity contribution in [3.05, 3.63) is 0 Å². The largest absolute Gasteiger partial charge is 0.300 e. The predicted molar refractivity (Wildman–Crippen MR) is 91.8 cm³/mol. The van der Waals surface area contributed by atoms with Crippen LogP contribution < -0.4 is 0 Å². The van der Waals surface area contributed by atoms with Gasteiger partial charge in [0.25, 0.3) is 0 Å². The van der Waals surface area contributed by atoms with Gasteiger partial charge in [0.2, 0.25) is 0 Å². The molecule has 0 aromatic heterocycles. The molecule has 0 bridgehead atoms. The summed E-state index contributed by atoms with van der Waals surface area (Å²) in [6, 6.07) is 0. The van der Waals surface area contributed by atoms with Gasteiger partial charge in [-0.2, -0.15) is 0 Å². The van der Waals surface area contributed by atoms with Crippen LogP contribution in [0.15, 0.2) is 0 Å². The number of nitrogens with zero attached hydrogens (tertiary/aromatic N) is 3. The van der Waals surface area contributed by atoms with Gasteiger partial charge in [-0.3, -0.25) is 9.80 Å². The topological polar surface area (TPSA) is 9.72 Å². The molecule has 0 amide bonds. The van der Waals surface area contributed by atoms with Gasteiger partial charge >= 0.3 is 0 Å². The summed E-state index contributed by atoms with van der Waals surface area (Å²) < 4.78 is 0. The summed E-state index contributed by atoms with van der Waals surface area (Å²) in [6.07, 6.45) is 2.80. The number of hydrogen-bond donors (Lipinski definition) is 0. The number of piperazine rings is 1. The molecular weight excluding hydrogens is 258 g/mol. The van der Waals surface area contributed by atoms with Gasteiger partial charge in [-0.1, -0.05) is 0 Å². The zero-order chi connectivity index (χ0) is 15.7. The fraction of sp³-hybridized carbons (Fsp3) is 1.00. The first kappa shape index (κ1) is 17.2. The van der Waals surface area contributed by atoms with Crippen LogP contribution in [-0.2, 0) is 0 Å². The van der Waals surface area contributed by atoms with Gasteiger partial charge in [-0.15, -0.1) is 0 Å². The van der Waals surface area contributed by atoms with Crippen LogP contribution in [0.5, 0.6) is 0 Å². The molecule has 2 rings (SSSR count). The molecule has 21 heavy (non-hydrogen) atoms. The van der Waals surface area contributed by atoms with Crippen molar-refractivity contribution in [2.75, 3.05) is 45.8 Å². The highest BCUT2D eigenvalue weighted by atomic mass is 15.3. The first-order valence-corrected chi connectivity index (χ1v) is 8.89. The molecule has 0 saturated carbocycles. The van der Waals surface area contributed by atoms with Crippen molar-refractivity contribution in [3.8, 4) is 0 Å². The fourth-order valence-electron chi connectivity index (χ4n) is 3.79. The van der Waals surface area contributed by atoms with Gasteiger partial charge in [0.1, 0.15) is 0 Å². The second kappa shape index (κ2) is 6.55. The van der Waals surface area contributed by atoms with E-state index >= 15 is 0 Å². The number of likely N-dealkylation sites (tertiary alicyclic amines) is 1. The monoisotopic (exact) mass is 295 g/mol. The normalized spacial score (nSPS) is 28.0. The lowest BCUT2D eigenvalue weighted by Crippen LogP contribution is -2.55. The Kier molecular flexibility index (Phi) is 5.38. The Hall–Kier alpha value is -0.120. The van der Waals surface area contributed by atoms with Gasteiger partial charge in [0, 0.05) is 50.3 Å². The van der Waals surface area contributed by atoms with Crippen molar-refractivity contribution in [2.24, 2.45) is 5.92 Å². The van der Waals surface area contributed by atoms with E-state index in [2.05, 4.69) is 56.2 Å². The van der Waals surface area contributed by atoms with Crippen LogP contribution in [0.2, 0.25) is 0 Å². The molecule has 1 atom stereocenters. The van der Waals surface area contributed by atoms with Crippen molar-refractivity contribution in [1.29, 1.82) is 0 Å². The third-order valence-electron chi connectivity index (χ3n) is 5.31. The highest BCUT2D eigenvalue weighted by Crippen LogP contribution is 2.25. The van der Waals surface area contributed by atoms with Crippen molar-refractivity contribution in [3.63, 3.8) is 0 Å². The fourth-order valence-corrected chi connectivity index (χ4v) is 3.79. The SMILES string of the molecule is CC(C)(C)N1CCN(C[C@@H]2CCCN(C(C)(C)C)C2)CC1. The highest BCUT2D eigenvalue weighted by Gasteiger charge is 2.30. The van der Waals surface area contributed by atoms with Crippen LogP contribution in [0.1, 0.15) is 54.4 Å². The summed E-state index contributed by atoms with van der Waals surface area (Å²) in [6.45, 7) is 23.0. The molecule has 2 aliphatic rings. The second-order valence-electron chi connectivity index (χ2n) is 9.08. The van der Waals surface area contributed by atoms with Crippen molar-refractivity contribution in [2.45, 2.75) is 65.5 Å². The second-order valence-corrected chi connectivity index (χ2v) is 9.08. The quantitative estimate of drug-likeness (QED) is 0.775. The van der Waals surface area contributed by atoms with E-state index < -0.39 is 0 Å². The maximum atomic E-state index is 2.71. The number of hydrogen-bond acceptors (Lipinski definition) is 3. The van der Waals surface area contributed by atoms with Crippen molar-refractivity contribution in [1.82, 2.24) is 14.7 Å². The Labute approximate surface area is 132 Å². The molecule has 0 spiro atoms.